The topological polar surface area (TPSA) is 69.3 Å². The van der Waals surface area contributed by atoms with Gasteiger partial charge in [-0.2, -0.15) is 0 Å². The van der Waals surface area contributed by atoms with E-state index in [0.717, 1.165) is 0 Å². The molecule has 1 aliphatic rings. The number of aliphatic hydroxyl groups is 1. The molecule has 0 aliphatic carbocycles. The molecule has 4 nitrogen and oxygen atoms in total. The monoisotopic (exact) mass is 204 g/mol. The molecule has 0 aromatic rings. The van der Waals surface area contributed by atoms with Gasteiger partial charge < -0.3 is 9.84 Å². The Labute approximate surface area is 79.3 Å². The molecular weight excluding hydrogens is 192 g/mol. The van der Waals surface area contributed by atoms with E-state index in [-0.39, 0.29) is 30.8 Å². The van der Waals surface area contributed by atoms with Crippen LogP contribution in [0.4, 0.5) is 0 Å². The van der Waals surface area contributed by atoms with Crippen molar-refractivity contribution in [3.8, 4) is 11.8 Å². The molecule has 5 heteroatoms. The van der Waals surface area contributed by atoms with E-state index in [1.807, 2.05) is 0 Å². The highest BCUT2D eigenvalue weighted by atomic mass is 32.3. The summed E-state index contributed by atoms with van der Waals surface area (Å²) in [5, 5.41) is 8.32. The first-order valence-electron chi connectivity index (χ1n) is 4.02. The van der Waals surface area contributed by atoms with Gasteiger partial charge in [0.1, 0.15) is 13.2 Å². The fourth-order valence-corrected chi connectivity index (χ4v) is 2.78. The molecule has 1 heterocycles. The fourth-order valence-electron chi connectivity index (χ4n) is 1.16. The highest BCUT2D eigenvalue weighted by molar-refractivity contribution is 8.24. The van der Waals surface area contributed by atoms with Crippen LogP contribution in [-0.2, 0) is 13.8 Å². The number of rotatable bonds is 2. The summed E-state index contributed by atoms with van der Waals surface area (Å²) in [5.74, 6) is 5.31. The number of hydrogen-bond acceptors (Lipinski definition) is 2. The minimum atomic E-state index is -2.86. The van der Waals surface area contributed by atoms with E-state index in [1.54, 1.807) is 0 Å². The first-order chi connectivity index (χ1) is 6.14. The molecule has 1 N–H and O–H groups in total. The van der Waals surface area contributed by atoms with Crippen LogP contribution >= 0.6 is 10.6 Å². The number of aliphatic hydroxyl groups excluding tert-OH is 1. The largest absolute Gasteiger partial charge is 0.384 e. The van der Waals surface area contributed by atoms with Gasteiger partial charge in [0, 0.05) is 5.75 Å². The van der Waals surface area contributed by atoms with Crippen molar-refractivity contribution in [3.63, 3.8) is 0 Å². The van der Waals surface area contributed by atoms with E-state index in [2.05, 4.69) is 11.8 Å². The Balaban J connectivity index is 2.18. The summed E-state index contributed by atoms with van der Waals surface area (Å²) in [6, 6.07) is 0. The van der Waals surface area contributed by atoms with Crippen LogP contribution in [0, 0.1) is 11.8 Å². The first kappa shape index (κ1) is 10.8. The molecular formula is C8H12O4S. The summed E-state index contributed by atoms with van der Waals surface area (Å²) in [7, 11) is -2.86. The van der Waals surface area contributed by atoms with E-state index < -0.39 is 10.6 Å². The Bertz CT molecular complexity index is 218. The predicted octanol–water partition coefficient (Wildman–Crippen LogP) is 0.267. The summed E-state index contributed by atoms with van der Waals surface area (Å²) in [6.07, 6.45) is 0.348. The number of sulfone groups is 1. The highest BCUT2D eigenvalue weighted by Gasteiger charge is 2.31. The minimum Gasteiger partial charge on any atom is -0.384 e. The number of hydrogen-bond donors (Lipinski definition) is 1. The molecule has 0 spiro atoms. The molecule has 1 saturated heterocycles. The molecule has 1 fully saturated rings. The second-order valence-corrected chi connectivity index (χ2v) is 5.08. The van der Waals surface area contributed by atoms with E-state index in [9.17, 15) is 9.11 Å². The maximum Gasteiger partial charge on any atom is 0.108 e. The van der Waals surface area contributed by atoms with Crippen molar-refractivity contribution in [3.05, 3.63) is 0 Å². The van der Waals surface area contributed by atoms with Gasteiger partial charge in [0.05, 0.1) is 11.9 Å². The molecule has 0 bridgehead atoms. The van der Waals surface area contributed by atoms with Crippen molar-refractivity contribution in [2.75, 3.05) is 24.7 Å². The van der Waals surface area contributed by atoms with E-state index in [4.69, 9.17) is 9.84 Å². The quantitative estimate of drug-likeness (QED) is 0.656. The molecule has 13 heavy (non-hydrogen) atoms. The SMILES string of the molecule is [O]S1([O])CCC(OCC#CCO)C1. The predicted molar refractivity (Wildman–Crippen MR) is 47.9 cm³/mol. The summed E-state index contributed by atoms with van der Waals surface area (Å²) in [5.41, 5.74) is 0. The van der Waals surface area contributed by atoms with Gasteiger partial charge in [-0.05, 0) is 6.42 Å². The van der Waals surface area contributed by atoms with Crippen LogP contribution < -0.4 is 0 Å². The van der Waals surface area contributed by atoms with Gasteiger partial charge >= 0.3 is 0 Å². The van der Waals surface area contributed by atoms with Crippen LogP contribution in [0.3, 0.4) is 0 Å². The molecule has 1 rings (SSSR count). The van der Waals surface area contributed by atoms with Gasteiger partial charge in [0.2, 0.25) is 0 Å². The van der Waals surface area contributed by atoms with Gasteiger partial charge in [-0.3, -0.25) is 0 Å². The molecule has 74 valence electrons. The fraction of sp³-hybridized carbons (Fsp3) is 0.750. The normalized spacial score (nSPS) is 27.8. The lowest BCUT2D eigenvalue weighted by Crippen LogP contribution is -2.13. The molecule has 2 radical (unpaired) electrons. The molecule has 1 atom stereocenters. The van der Waals surface area contributed by atoms with Crippen LogP contribution in [0.25, 0.3) is 0 Å². The van der Waals surface area contributed by atoms with Crippen LogP contribution in [-0.4, -0.2) is 35.9 Å². The lowest BCUT2D eigenvalue weighted by atomic mass is 10.3. The average Bonchev–Trinajstić information content (AvgIpc) is 2.40. The maximum atomic E-state index is 11.0. The average molecular weight is 204 g/mol. The van der Waals surface area contributed by atoms with Crippen molar-refractivity contribution >= 4 is 10.6 Å². The zero-order chi connectivity index (χ0) is 9.73. The van der Waals surface area contributed by atoms with Crippen molar-refractivity contribution in [1.29, 1.82) is 0 Å². The lowest BCUT2D eigenvalue weighted by Gasteiger charge is -2.18. The second-order valence-electron chi connectivity index (χ2n) is 2.85. The molecule has 0 aromatic heterocycles. The second kappa shape index (κ2) is 4.84. The Morgan fingerprint density at radius 2 is 2.23 bits per heavy atom. The first-order valence-corrected chi connectivity index (χ1v) is 5.85. The zero-order valence-corrected chi connectivity index (χ0v) is 8.01. The van der Waals surface area contributed by atoms with Gasteiger partial charge in [-0.25, -0.2) is 0 Å². The third-order valence-electron chi connectivity index (χ3n) is 1.79. The number of ether oxygens (including phenoxy) is 1. The third kappa shape index (κ3) is 3.98. The van der Waals surface area contributed by atoms with Crippen molar-refractivity contribution in [2.45, 2.75) is 12.5 Å². The molecule has 1 aliphatic heterocycles. The highest BCUT2D eigenvalue weighted by Crippen LogP contribution is 2.48. The molecule has 1 unspecified atom stereocenters. The van der Waals surface area contributed by atoms with Crippen molar-refractivity contribution in [2.24, 2.45) is 0 Å². The Morgan fingerprint density at radius 3 is 2.77 bits per heavy atom. The van der Waals surface area contributed by atoms with Crippen molar-refractivity contribution in [1.82, 2.24) is 0 Å². The molecule has 0 amide bonds. The van der Waals surface area contributed by atoms with Gasteiger partial charge in [-0.15, -0.1) is 19.7 Å². The molecule has 0 aromatic carbocycles. The van der Waals surface area contributed by atoms with Crippen LogP contribution in [0.5, 0.6) is 0 Å². The van der Waals surface area contributed by atoms with Gasteiger partial charge in [0.15, 0.2) is 0 Å². The van der Waals surface area contributed by atoms with Gasteiger partial charge in [0.25, 0.3) is 0 Å². The van der Waals surface area contributed by atoms with Crippen LogP contribution in [0.15, 0.2) is 0 Å². The molecule has 0 saturated carbocycles. The standard InChI is InChI=1S/C8H12O4S/c9-4-1-2-5-12-8-3-6-13(10,11)7-8/h8-9H,3-7H2. The smallest absolute Gasteiger partial charge is 0.108 e. The van der Waals surface area contributed by atoms with Crippen molar-refractivity contribution < 1.29 is 18.9 Å². The Kier molecular flexibility index (Phi) is 4.03. The van der Waals surface area contributed by atoms with E-state index in [1.165, 1.54) is 0 Å². The van der Waals surface area contributed by atoms with Gasteiger partial charge in [-0.1, -0.05) is 11.8 Å². The van der Waals surface area contributed by atoms with Crippen LogP contribution in [0.1, 0.15) is 6.42 Å². The lowest BCUT2D eigenvalue weighted by molar-refractivity contribution is 0.0968. The zero-order valence-electron chi connectivity index (χ0n) is 7.19. The van der Waals surface area contributed by atoms with E-state index in [0.29, 0.717) is 6.42 Å². The summed E-state index contributed by atoms with van der Waals surface area (Å²) in [4.78, 5) is 0. The Morgan fingerprint density at radius 1 is 1.46 bits per heavy atom. The minimum absolute atomic E-state index is 0.105. The summed E-state index contributed by atoms with van der Waals surface area (Å²) < 4.78 is 27.1. The third-order valence-corrected chi connectivity index (χ3v) is 3.52. The maximum absolute atomic E-state index is 11.0. The summed E-state index contributed by atoms with van der Waals surface area (Å²) >= 11 is 0. The van der Waals surface area contributed by atoms with E-state index >= 15 is 0 Å². The summed E-state index contributed by atoms with van der Waals surface area (Å²) in [6.45, 7) is 0.00702. The Hall–Kier alpha value is -0.250. The van der Waals surface area contributed by atoms with Crippen LogP contribution in [0.2, 0.25) is 0 Å².